The second-order valence-corrected chi connectivity index (χ2v) is 6.76. The fraction of sp³-hybridized carbons (Fsp3) is 0.609. The fourth-order valence-corrected chi connectivity index (χ4v) is 2.24. The molecule has 0 aliphatic heterocycles. The molecule has 1 aromatic rings. The van der Waals surface area contributed by atoms with Gasteiger partial charge in [-0.25, -0.2) is 0 Å². The number of nitrogens with zero attached hydrogens (tertiary/aromatic N) is 1. The first-order valence-corrected chi connectivity index (χ1v) is 9.86. The molecular weight excluding hydrogens is 320 g/mol. The van der Waals surface area contributed by atoms with Gasteiger partial charge in [-0.3, -0.25) is 0 Å². The van der Waals surface area contributed by atoms with E-state index in [1.54, 1.807) is 6.92 Å². The lowest BCUT2D eigenvalue weighted by atomic mass is 10.1. The van der Waals surface area contributed by atoms with Crippen LogP contribution in [0.2, 0.25) is 0 Å². The normalized spacial score (nSPS) is 9.50. The summed E-state index contributed by atoms with van der Waals surface area (Å²) in [6.07, 6.45) is 8.85. The van der Waals surface area contributed by atoms with E-state index in [1.807, 2.05) is 0 Å². The molecule has 0 aliphatic carbocycles. The van der Waals surface area contributed by atoms with Crippen molar-refractivity contribution in [2.24, 2.45) is 5.73 Å². The Morgan fingerprint density at radius 2 is 1.54 bits per heavy atom. The molecule has 0 amide bonds. The molecule has 0 saturated carbocycles. The Morgan fingerprint density at radius 3 is 2.00 bits per heavy atom. The van der Waals surface area contributed by atoms with E-state index < -0.39 is 0 Å². The van der Waals surface area contributed by atoms with E-state index >= 15 is 0 Å². The Morgan fingerprint density at radius 1 is 1.04 bits per heavy atom. The highest BCUT2D eigenvalue weighted by molar-refractivity contribution is 5.20. The number of allylic oxidation sites excluding steroid dienone is 1. The van der Waals surface area contributed by atoms with Crippen LogP contribution in [0.5, 0.6) is 0 Å². The first kappa shape index (κ1) is 26.7. The number of nitrogens with two attached hydrogens (primary N) is 1. The van der Waals surface area contributed by atoms with Gasteiger partial charge in [-0.15, -0.1) is 5.73 Å². The van der Waals surface area contributed by atoms with E-state index in [9.17, 15) is 0 Å². The van der Waals surface area contributed by atoms with Crippen molar-refractivity contribution in [3.63, 3.8) is 0 Å². The summed E-state index contributed by atoms with van der Waals surface area (Å²) in [6, 6.07) is 8.66. The average Bonchev–Trinajstić information content (AvgIpc) is 2.60. The fourth-order valence-electron chi connectivity index (χ4n) is 2.24. The maximum Gasteiger partial charge on any atom is 0.0505 e. The molecule has 0 fully saturated rings. The maximum atomic E-state index is 7.57. The number of rotatable bonds is 9. The highest BCUT2D eigenvalue weighted by Crippen LogP contribution is 2.08. The third-order valence-electron chi connectivity index (χ3n) is 3.65. The van der Waals surface area contributed by atoms with Crippen molar-refractivity contribution in [3.05, 3.63) is 53.4 Å². The van der Waals surface area contributed by atoms with E-state index in [1.165, 1.54) is 49.7 Å². The van der Waals surface area contributed by atoms with Gasteiger partial charge in [0.25, 0.3) is 0 Å². The Bertz CT molecular complexity index is 460. The molecule has 0 bridgehead atoms. The van der Waals surface area contributed by atoms with Crippen molar-refractivity contribution in [1.82, 2.24) is 4.90 Å². The van der Waals surface area contributed by atoms with Crippen LogP contribution in [0.4, 0.5) is 0 Å². The number of aliphatic hydroxyl groups is 1. The van der Waals surface area contributed by atoms with Crippen molar-refractivity contribution >= 4 is 0 Å². The highest BCUT2D eigenvalue weighted by Gasteiger charge is 1.93. The number of hydrogen-bond acceptors (Lipinski definition) is 3. The summed E-state index contributed by atoms with van der Waals surface area (Å²) < 4.78 is 0. The minimum atomic E-state index is 0.250. The Kier molecular flexibility index (Phi) is 20.3. The van der Waals surface area contributed by atoms with Crippen molar-refractivity contribution in [2.75, 3.05) is 20.7 Å². The quantitative estimate of drug-likeness (QED) is 0.455. The zero-order chi connectivity index (χ0) is 20.2. The number of benzene rings is 1. The van der Waals surface area contributed by atoms with Crippen molar-refractivity contribution in [3.8, 4) is 0 Å². The predicted octanol–water partition coefficient (Wildman–Crippen LogP) is 5.42. The largest absolute Gasteiger partial charge is 0.397 e. The molecule has 0 heterocycles. The van der Waals surface area contributed by atoms with E-state index in [0.717, 1.165) is 18.7 Å². The lowest BCUT2D eigenvalue weighted by molar-refractivity contribution is 0.318. The van der Waals surface area contributed by atoms with Crippen LogP contribution in [0.25, 0.3) is 0 Å². The zero-order valence-corrected chi connectivity index (χ0v) is 17.9. The van der Waals surface area contributed by atoms with Crippen LogP contribution in [-0.4, -0.2) is 30.7 Å². The maximum absolute atomic E-state index is 7.57. The molecule has 3 N–H and O–H groups in total. The van der Waals surface area contributed by atoms with E-state index in [-0.39, 0.29) is 6.61 Å². The molecule has 0 unspecified atom stereocenters. The van der Waals surface area contributed by atoms with Crippen LogP contribution >= 0.6 is 0 Å². The summed E-state index contributed by atoms with van der Waals surface area (Å²) in [4.78, 5) is 2.17. The third-order valence-corrected chi connectivity index (χ3v) is 3.65. The van der Waals surface area contributed by atoms with E-state index in [4.69, 9.17) is 10.8 Å². The van der Waals surface area contributed by atoms with E-state index in [2.05, 4.69) is 69.4 Å². The topological polar surface area (TPSA) is 49.5 Å². The molecule has 150 valence electrons. The van der Waals surface area contributed by atoms with Gasteiger partial charge in [-0.1, -0.05) is 75.4 Å². The lowest BCUT2D eigenvalue weighted by Gasteiger charge is -2.08. The smallest absolute Gasteiger partial charge is 0.0505 e. The van der Waals surface area contributed by atoms with Gasteiger partial charge in [0, 0.05) is 13.2 Å². The SMILES string of the molecule is C=C=C(N)CCCCCCCC.CCO.Cc1ccc(CN(C)C)cc1. The van der Waals surface area contributed by atoms with Gasteiger partial charge in [-0.05, 0) is 46.3 Å². The highest BCUT2D eigenvalue weighted by atomic mass is 16.2. The average molecular weight is 363 g/mol. The van der Waals surface area contributed by atoms with Gasteiger partial charge in [0.1, 0.15) is 0 Å². The number of aryl methyl sites for hydroxylation is 1. The van der Waals surface area contributed by atoms with Gasteiger partial charge < -0.3 is 15.7 Å². The summed E-state index contributed by atoms with van der Waals surface area (Å²) in [7, 11) is 4.17. The Hall–Kier alpha value is -1.54. The van der Waals surface area contributed by atoms with Gasteiger partial charge in [-0.2, -0.15) is 0 Å². The number of hydrogen-bond donors (Lipinski definition) is 2. The molecule has 1 rings (SSSR count). The van der Waals surface area contributed by atoms with Crippen molar-refractivity contribution in [2.45, 2.75) is 72.3 Å². The molecule has 1 aromatic carbocycles. The third kappa shape index (κ3) is 20.5. The molecule has 0 saturated heterocycles. The number of aliphatic hydroxyl groups excluding tert-OH is 1. The standard InChI is InChI=1S/C11H21N.C10H15N.C2H6O/c1-3-5-6-7-8-9-10-11(12)4-2;1-9-4-6-10(7-5-9)8-11(2)3;1-2-3/h2-3,5-10,12H2,1H3;4-7H,8H2,1-3H3;3H,2H2,1H3. The first-order valence-electron chi connectivity index (χ1n) is 9.86. The summed E-state index contributed by atoms with van der Waals surface area (Å²) in [5.41, 5.74) is 11.8. The predicted molar refractivity (Wildman–Crippen MR) is 116 cm³/mol. The van der Waals surface area contributed by atoms with Crippen LogP contribution in [-0.2, 0) is 6.54 Å². The first-order chi connectivity index (χ1) is 12.4. The minimum absolute atomic E-state index is 0.250. The van der Waals surface area contributed by atoms with Crippen molar-refractivity contribution < 1.29 is 5.11 Å². The van der Waals surface area contributed by atoms with Crippen LogP contribution < -0.4 is 5.73 Å². The summed E-state index contributed by atoms with van der Waals surface area (Å²) in [5, 5.41) is 7.57. The van der Waals surface area contributed by atoms with Gasteiger partial charge in [0.2, 0.25) is 0 Å². The summed E-state index contributed by atoms with van der Waals surface area (Å²) in [6.45, 7) is 10.8. The van der Waals surface area contributed by atoms with E-state index in [0.29, 0.717) is 0 Å². The molecule has 26 heavy (non-hydrogen) atoms. The molecule has 0 atom stereocenters. The van der Waals surface area contributed by atoms with Crippen LogP contribution in [0, 0.1) is 6.92 Å². The summed E-state index contributed by atoms with van der Waals surface area (Å²) in [5.74, 6) is 0. The van der Waals surface area contributed by atoms with Crippen molar-refractivity contribution in [1.29, 1.82) is 0 Å². The Labute approximate surface area is 162 Å². The van der Waals surface area contributed by atoms with Gasteiger partial charge >= 0.3 is 0 Å². The Balaban J connectivity index is 0. The molecule has 0 spiro atoms. The molecule has 0 radical (unpaired) electrons. The van der Waals surface area contributed by atoms with Crippen LogP contribution in [0.1, 0.15) is 69.9 Å². The molecule has 0 aliphatic rings. The summed E-state index contributed by atoms with van der Waals surface area (Å²) >= 11 is 0. The van der Waals surface area contributed by atoms with Gasteiger partial charge in [0.15, 0.2) is 0 Å². The second kappa shape index (κ2) is 19.8. The molecule has 0 aromatic heterocycles. The van der Waals surface area contributed by atoms with Gasteiger partial charge in [0.05, 0.1) is 5.70 Å². The second-order valence-electron chi connectivity index (χ2n) is 6.76. The molecule has 3 nitrogen and oxygen atoms in total. The molecule has 3 heteroatoms. The van der Waals surface area contributed by atoms with Crippen LogP contribution in [0.3, 0.4) is 0 Å². The monoisotopic (exact) mass is 362 g/mol. The number of unbranched alkanes of at least 4 members (excludes halogenated alkanes) is 5. The molecular formula is C23H42N2O. The lowest BCUT2D eigenvalue weighted by Crippen LogP contribution is -2.10. The zero-order valence-electron chi connectivity index (χ0n) is 17.9. The minimum Gasteiger partial charge on any atom is -0.397 e. The van der Waals surface area contributed by atoms with Crippen LogP contribution in [0.15, 0.2) is 42.3 Å².